The van der Waals surface area contributed by atoms with Gasteiger partial charge in [-0.15, -0.1) is 0 Å². The Kier molecular flexibility index (Phi) is 5.82. The number of nitrogens with one attached hydrogen (secondary N) is 1. The highest BCUT2D eigenvalue weighted by Crippen LogP contribution is 2.14. The van der Waals surface area contributed by atoms with Crippen LogP contribution in [0.15, 0.2) is 18.2 Å². The molecule has 1 rings (SSSR count). The van der Waals surface area contributed by atoms with Crippen LogP contribution in [-0.2, 0) is 11.2 Å². The van der Waals surface area contributed by atoms with E-state index in [1.54, 1.807) is 0 Å². The SMILES string of the molecule is Cc1ccc(C)c(CC(CC(=O)O)NCCO)c1. The molecular formula is C14H21NO3. The molecule has 0 heterocycles. The molecule has 4 nitrogen and oxygen atoms in total. The topological polar surface area (TPSA) is 69.6 Å². The molecule has 1 aromatic rings. The third kappa shape index (κ3) is 4.85. The second kappa shape index (κ2) is 7.13. The third-order valence-corrected chi connectivity index (χ3v) is 2.94. The highest BCUT2D eigenvalue weighted by Gasteiger charge is 2.14. The van der Waals surface area contributed by atoms with Crippen molar-refractivity contribution in [1.82, 2.24) is 5.32 Å². The molecule has 3 N–H and O–H groups in total. The van der Waals surface area contributed by atoms with Gasteiger partial charge < -0.3 is 15.5 Å². The lowest BCUT2D eigenvalue weighted by atomic mass is 9.97. The van der Waals surface area contributed by atoms with Crippen LogP contribution in [0.4, 0.5) is 0 Å². The Morgan fingerprint density at radius 1 is 1.39 bits per heavy atom. The van der Waals surface area contributed by atoms with Gasteiger partial charge in [-0.1, -0.05) is 23.8 Å². The van der Waals surface area contributed by atoms with Crippen LogP contribution in [0.3, 0.4) is 0 Å². The maximum Gasteiger partial charge on any atom is 0.304 e. The van der Waals surface area contributed by atoms with Crippen molar-refractivity contribution in [2.24, 2.45) is 0 Å². The highest BCUT2D eigenvalue weighted by atomic mass is 16.4. The van der Waals surface area contributed by atoms with E-state index in [-0.39, 0.29) is 19.1 Å². The van der Waals surface area contributed by atoms with Crippen molar-refractivity contribution in [2.75, 3.05) is 13.2 Å². The minimum absolute atomic E-state index is 0.0168. The van der Waals surface area contributed by atoms with Crippen molar-refractivity contribution in [2.45, 2.75) is 32.7 Å². The van der Waals surface area contributed by atoms with E-state index in [1.165, 1.54) is 11.1 Å². The number of aliphatic hydroxyl groups is 1. The predicted octanol–water partition coefficient (Wildman–Crippen LogP) is 1.27. The van der Waals surface area contributed by atoms with Crippen LogP contribution in [0.2, 0.25) is 0 Å². The summed E-state index contributed by atoms with van der Waals surface area (Å²) < 4.78 is 0. The summed E-state index contributed by atoms with van der Waals surface area (Å²) in [6, 6.07) is 6.04. The van der Waals surface area contributed by atoms with E-state index in [9.17, 15) is 4.79 Å². The van der Waals surface area contributed by atoms with Crippen molar-refractivity contribution < 1.29 is 15.0 Å². The summed E-state index contributed by atoms with van der Waals surface area (Å²) in [5.41, 5.74) is 3.50. The molecule has 0 amide bonds. The quantitative estimate of drug-likeness (QED) is 0.682. The number of aliphatic hydroxyl groups excluding tert-OH is 1. The normalized spacial score (nSPS) is 12.4. The molecule has 0 saturated carbocycles. The van der Waals surface area contributed by atoms with E-state index in [4.69, 9.17) is 10.2 Å². The van der Waals surface area contributed by atoms with Gasteiger partial charge in [0.25, 0.3) is 0 Å². The average molecular weight is 251 g/mol. The zero-order valence-electron chi connectivity index (χ0n) is 10.9. The molecule has 0 aliphatic carbocycles. The number of aryl methyl sites for hydroxylation is 2. The first kappa shape index (κ1) is 14.7. The highest BCUT2D eigenvalue weighted by molar-refractivity contribution is 5.67. The summed E-state index contributed by atoms with van der Waals surface area (Å²) in [6.45, 7) is 4.49. The monoisotopic (exact) mass is 251 g/mol. The first-order valence-electron chi connectivity index (χ1n) is 6.15. The van der Waals surface area contributed by atoms with Crippen molar-refractivity contribution in [3.63, 3.8) is 0 Å². The lowest BCUT2D eigenvalue weighted by Gasteiger charge is -2.18. The maximum absolute atomic E-state index is 10.8. The Balaban J connectivity index is 2.74. The van der Waals surface area contributed by atoms with Crippen molar-refractivity contribution in [1.29, 1.82) is 0 Å². The minimum atomic E-state index is -0.823. The van der Waals surface area contributed by atoms with Gasteiger partial charge in [0.05, 0.1) is 13.0 Å². The number of carbonyl (C=O) groups is 1. The van der Waals surface area contributed by atoms with Gasteiger partial charge in [-0.05, 0) is 31.4 Å². The smallest absolute Gasteiger partial charge is 0.304 e. The van der Waals surface area contributed by atoms with Gasteiger partial charge in [-0.2, -0.15) is 0 Å². The summed E-state index contributed by atoms with van der Waals surface area (Å²) in [5, 5.41) is 20.8. The second-order valence-corrected chi connectivity index (χ2v) is 4.61. The van der Waals surface area contributed by atoms with Gasteiger partial charge in [-0.25, -0.2) is 0 Å². The summed E-state index contributed by atoms with van der Waals surface area (Å²) >= 11 is 0. The molecule has 1 unspecified atom stereocenters. The third-order valence-electron chi connectivity index (χ3n) is 2.94. The van der Waals surface area contributed by atoms with Crippen LogP contribution in [0, 0.1) is 13.8 Å². The van der Waals surface area contributed by atoms with Crippen molar-refractivity contribution in [3.05, 3.63) is 34.9 Å². The van der Waals surface area contributed by atoms with E-state index in [1.807, 2.05) is 19.9 Å². The number of carboxylic acid groups (broad SMARTS) is 1. The summed E-state index contributed by atoms with van der Waals surface area (Å²) in [4.78, 5) is 10.8. The predicted molar refractivity (Wildman–Crippen MR) is 70.7 cm³/mol. The zero-order chi connectivity index (χ0) is 13.5. The molecule has 0 spiro atoms. The Morgan fingerprint density at radius 2 is 2.11 bits per heavy atom. The lowest BCUT2D eigenvalue weighted by Crippen LogP contribution is -2.35. The molecule has 0 bridgehead atoms. The minimum Gasteiger partial charge on any atom is -0.481 e. The Labute approximate surface area is 108 Å². The van der Waals surface area contributed by atoms with Crippen LogP contribution in [0.1, 0.15) is 23.1 Å². The molecule has 0 fully saturated rings. The number of carboxylic acids is 1. The summed E-state index contributed by atoms with van der Waals surface area (Å²) in [5.74, 6) is -0.823. The van der Waals surface area contributed by atoms with E-state index in [2.05, 4.69) is 17.4 Å². The molecule has 100 valence electrons. The molecule has 0 saturated heterocycles. The molecule has 0 radical (unpaired) electrons. The fourth-order valence-electron chi connectivity index (χ4n) is 1.98. The molecule has 18 heavy (non-hydrogen) atoms. The Morgan fingerprint density at radius 3 is 2.72 bits per heavy atom. The van der Waals surface area contributed by atoms with Gasteiger partial charge in [-0.3, -0.25) is 4.79 Å². The van der Waals surface area contributed by atoms with Crippen LogP contribution in [-0.4, -0.2) is 35.4 Å². The lowest BCUT2D eigenvalue weighted by molar-refractivity contribution is -0.137. The van der Waals surface area contributed by atoms with Crippen LogP contribution < -0.4 is 5.32 Å². The number of aliphatic carboxylic acids is 1. The maximum atomic E-state index is 10.8. The molecule has 1 atom stereocenters. The standard InChI is InChI=1S/C14H21NO3/c1-10-3-4-11(2)12(7-10)8-13(9-14(17)18)15-5-6-16/h3-4,7,13,15-16H,5-6,8-9H2,1-2H3,(H,17,18). The molecular weight excluding hydrogens is 230 g/mol. The molecule has 4 heteroatoms. The summed E-state index contributed by atoms with van der Waals surface area (Å²) in [7, 11) is 0. The Bertz CT molecular complexity index is 404. The van der Waals surface area contributed by atoms with E-state index < -0.39 is 5.97 Å². The average Bonchev–Trinajstić information content (AvgIpc) is 2.30. The number of hydrogen-bond donors (Lipinski definition) is 3. The van der Waals surface area contributed by atoms with Crippen molar-refractivity contribution >= 4 is 5.97 Å². The summed E-state index contributed by atoms with van der Waals surface area (Å²) in [6.07, 6.45) is 0.729. The van der Waals surface area contributed by atoms with E-state index >= 15 is 0 Å². The van der Waals surface area contributed by atoms with E-state index in [0.717, 1.165) is 5.56 Å². The number of rotatable bonds is 7. The van der Waals surface area contributed by atoms with Crippen LogP contribution >= 0.6 is 0 Å². The van der Waals surface area contributed by atoms with Gasteiger partial charge in [0.1, 0.15) is 0 Å². The van der Waals surface area contributed by atoms with Crippen LogP contribution in [0.25, 0.3) is 0 Å². The van der Waals surface area contributed by atoms with Gasteiger partial charge in [0.15, 0.2) is 0 Å². The number of hydrogen-bond acceptors (Lipinski definition) is 3. The van der Waals surface area contributed by atoms with Gasteiger partial charge >= 0.3 is 5.97 Å². The van der Waals surface area contributed by atoms with Gasteiger partial charge in [0.2, 0.25) is 0 Å². The van der Waals surface area contributed by atoms with Crippen LogP contribution in [0.5, 0.6) is 0 Å². The van der Waals surface area contributed by atoms with Crippen molar-refractivity contribution in [3.8, 4) is 0 Å². The molecule has 1 aromatic carbocycles. The zero-order valence-corrected chi connectivity index (χ0v) is 10.9. The van der Waals surface area contributed by atoms with E-state index in [0.29, 0.717) is 13.0 Å². The molecule has 0 aliphatic heterocycles. The number of benzene rings is 1. The largest absolute Gasteiger partial charge is 0.481 e. The first-order valence-corrected chi connectivity index (χ1v) is 6.15. The fraction of sp³-hybridized carbons (Fsp3) is 0.500. The molecule has 0 aliphatic rings. The first-order chi connectivity index (χ1) is 8.52. The Hall–Kier alpha value is -1.39. The van der Waals surface area contributed by atoms with Gasteiger partial charge in [0, 0.05) is 12.6 Å². The second-order valence-electron chi connectivity index (χ2n) is 4.61. The fourth-order valence-corrected chi connectivity index (χ4v) is 1.98. The molecule has 0 aromatic heterocycles.